The van der Waals surface area contributed by atoms with Crippen molar-refractivity contribution in [2.45, 2.75) is 6.92 Å². The minimum absolute atomic E-state index is 0.132. The second-order valence-corrected chi connectivity index (χ2v) is 6.55. The summed E-state index contributed by atoms with van der Waals surface area (Å²) in [6.45, 7) is 4.80. The number of ether oxygens (including phenoxy) is 3. The summed E-state index contributed by atoms with van der Waals surface area (Å²) in [5.41, 5.74) is 0.310. The van der Waals surface area contributed by atoms with E-state index >= 15 is 0 Å². The second-order valence-electron chi connectivity index (χ2n) is 6.16. The van der Waals surface area contributed by atoms with Gasteiger partial charge in [0.05, 0.1) is 24.7 Å². The molecule has 9 heteroatoms. The average molecular weight is 416 g/mol. The molecule has 0 unspecified atom stereocenters. The fourth-order valence-electron chi connectivity index (χ4n) is 2.90. The molecular weight excluding hydrogens is 396 g/mol. The first-order valence-corrected chi connectivity index (χ1v) is 9.51. The number of para-hydroxylation sites is 1. The largest absolute Gasteiger partial charge is 0.490 e. The Morgan fingerprint density at radius 1 is 1.21 bits per heavy atom. The lowest BCUT2D eigenvalue weighted by atomic mass is 10.1. The van der Waals surface area contributed by atoms with E-state index in [1.165, 1.54) is 24.3 Å². The lowest BCUT2D eigenvalue weighted by Gasteiger charge is -2.29. The summed E-state index contributed by atoms with van der Waals surface area (Å²) in [5.74, 6) is -0.321. The maximum Gasteiger partial charge on any atom is 0.350 e. The summed E-state index contributed by atoms with van der Waals surface area (Å²) in [7, 11) is 0. The lowest BCUT2D eigenvalue weighted by molar-refractivity contribution is -0.385. The Balaban J connectivity index is 1.85. The summed E-state index contributed by atoms with van der Waals surface area (Å²) in [5, 5.41) is 11.2. The van der Waals surface area contributed by atoms with E-state index in [-0.39, 0.29) is 17.0 Å². The molecule has 0 atom stereocenters. The first-order chi connectivity index (χ1) is 14.0. The van der Waals surface area contributed by atoms with Crippen molar-refractivity contribution in [2.24, 2.45) is 0 Å². The molecule has 1 saturated heterocycles. The Bertz CT molecular complexity index is 927. The van der Waals surface area contributed by atoms with Crippen LogP contribution in [0.15, 0.2) is 42.5 Å². The molecule has 1 aliphatic heterocycles. The molecule has 152 valence electrons. The van der Waals surface area contributed by atoms with Gasteiger partial charge in [-0.2, -0.15) is 0 Å². The molecule has 1 fully saturated rings. The number of nitro benzene ring substituents is 1. The zero-order chi connectivity index (χ0) is 20.8. The predicted octanol–water partition coefficient (Wildman–Crippen LogP) is 3.22. The van der Waals surface area contributed by atoms with Gasteiger partial charge < -0.3 is 19.1 Å². The van der Waals surface area contributed by atoms with E-state index in [9.17, 15) is 14.9 Å². The molecule has 2 aromatic rings. The van der Waals surface area contributed by atoms with Gasteiger partial charge in [-0.3, -0.25) is 10.1 Å². The second kappa shape index (κ2) is 9.44. The van der Waals surface area contributed by atoms with Crippen molar-refractivity contribution in [2.75, 3.05) is 32.9 Å². The number of carbonyl (C=O) groups excluding carboxylic acids is 1. The number of esters is 1. The van der Waals surface area contributed by atoms with Crippen LogP contribution >= 0.6 is 12.2 Å². The summed E-state index contributed by atoms with van der Waals surface area (Å²) in [6.07, 6.45) is 0. The number of hydrogen-bond donors (Lipinski definition) is 0. The lowest BCUT2D eigenvalue weighted by Crippen LogP contribution is -2.40. The number of carbonyl (C=O) groups is 1. The van der Waals surface area contributed by atoms with Gasteiger partial charge in [0.2, 0.25) is 0 Å². The molecule has 0 radical (unpaired) electrons. The highest BCUT2D eigenvalue weighted by atomic mass is 32.1. The van der Waals surface area contributed by atoms with Crippen LogP contribution in [0.3, 0.4) is 0 Å². The third kappa shape index (κ3) is 4.87. The van der Waals surface area contributed by atoms with Gasteiger partial charge in [0, 0.05) is 24.7 Å². The third-order valence-corrected chi connectivity index (χ3v) is 4.81. The van der Waals surface area contributed by atoms with Gasteiger partial charge in [-0.05, 0) is 31.2 Å². The smallest absolute Gasteiger partial charge is 0.350 e. The zero-order valence-electron chi connectivity index (χ0n) is 15.8. The summed E-state index contributed by atoms with van der Waals surface area (Å²) in [6, 6.07) is 10.7. The quantitative estimate of drug-likeness (QED) is 0.233. The topological polar surface area (TPSA) is 91.1 Å². The number of rotatable bonds is 6. The standard InChI is InChI=1S/C20H20N2O6S/c1-2-27-18-13-14(19(29)21-9-11-26-12-10-21)7-8-17(18)28-20(23)15-5-3-4-6-16(15)22(24)25/h3-8,13H,2,9-12H2,1H3. The van der Waals surface area contributed by atoms with Crippen molar-refractivity contribution in [3.05, 3.63) is 63.7 Å². The van der Waals surface area contributed by atoms with Gasteiger partial charge in [-0.1, -0.05) is 24.4 Å². The van der Waals surface area contributed by atoms with E-state index < -0.39 is 10.9 Å². The van der Waals surface area contributed by atoms with Crippen LogP contribution in [0.5, 0.6) is 11.5 Å². The first kappa shape index (κ1) is 20.7. The number of hydrogen-bond acceptors (Lipinski definition) is 7. The SMILES string of the molecule is CCOc1cc(C(=S)N2CCOCC2)ccc1OC(=O)c1ccccc1[N+](=O)[O-]. The monoisotopic (exact) mass is 416 g/mol. The van der Waals surface area contributed by atoms with E-state index in [4.69, 9.17) is 26.4 Å². The van der Waals surface area contributed by atoms with E-state index in [0.29, 0.717) is 43.6 Å². The molecule has 0 aromatic heterocycles. The van der Waals surface area contributed by atoms with Crippen LogP contribution in [0.2, 0.25) is 0 Å². The van der Waals surface area contributed by atoms with Gasteiger partial charge >= 0.3 is 5.97 Å². The first-order valence-electron chi connectivity index (χ1n) is 9.10. The van der Waals surface area contributed by atoms with Crippen LogP contribution in [-0.4, -0.2) is 53.7 Å². The summed E-state index contributed by atoms with van der Waals surface area (Å²) >= 11 is 5.57. The molecule has 0 saturated carbocycles. The maximum absolute atomic E-state index is 12.5. The zero-order valence-corrected chi connectivity index (χ0v) is 16.6. The highest BCUT2D eigenvalue weighted by Crippen LogP contribution is 2.31. The van der Waals surface area contributed by atoms with Crippen LogP contribution in [0.1, 0.15) is 22.8 Å². The molecule has 0 spiro atoms. The number of thiocarbonyl (C=S) groups is 1. The highest BCUT2D eigenvalue weighted by molar-refractivity contribution is 7.80. The number of nitrogens with zero attached hydrogens (tertiary/aromatic N) is 2. The van der Waals surface area contributed by atoms with Gasteiger partial charge in [0.25, 0.3) is 5.69 Å². The number of benzene rings is 2. The van der Waals surface area contributed by atoms with Crippen molar-refractivity contribution in [3.63, 3.8) is 0 Å². The molecule has 8 nitrogen and oxygen atoms in total. The van der Waals surface area contributed by atoms with E-state index in [0.717, 1.165) is 5.56 Å². The molecule has 0 N–H and O–H groups in total. The average Bonchev–Trinajstić information content (AvgIpc) is 2.75. The van der Waals surface area contributed by atoms with Crippen LogP contribution in [0.4, 0.5) is 5.69 Å². The molecule has 3 rings (SSSR count). The Hall–Kier alpha value is -3.04. The Labute approximate surface area is 173 Å². The van der Waals surface area contributed by atoms with Crippen LogP contribution in [0, 0.1) is 10.1 Å². The molecule has 1 heterocycles. The molecular formula is C20H20N2O6S. The van der Waals surface area contributed by atoms with Crippen molar-refractivity contribution >= 4 is 28.9 Å². The molecule has 0 bridgehead atoms. The van der Waals surface area contributed by atoms with Crippen LogP contribution < -0.4 is 9.47 Å². The normalized spacial score (nSPS) is 13.6. The Morgan fingerprint density at radius 2 is 1.93 bits per heavy atom. The predicted molar refractivity (Wildman–Crippen MR) is 110 cm³/mol. The van der Waals surface area contributed by atoms with Crippen molar-refractivity contribution < 1.29 is 23.9 Å². The third-order valence-electron chi connectivity index (χ3n) is 4.31. The number of morpholine rings is 1. The minimum Gasteiger partial charge on any atom is -0.490 e. The van der Waals surface area contributed by atoms with Crippen LogP contribution in [0.25, 0.3) is 0 Å². The van der Waals surface area contributed by atoms with Gasteiger partial charge in [-0.25, -0.2) is 4.79 Å². The highest BCUT2D eigenvalue weighted by Gasteiger charge is 2.23. The molecule has 29 heavy (non-hydrogen) atoms. The fourth-order valence-corrected chi connectivity index (χ4v) is 3.21. The van der Waals surface area contributed by atoms with Gasteiger partial charge in [0.1, 0.15) is 10.6 Å². The van der Waals surface area contributed by atoms with E-state index in [1.807, 2.05) is 4.90 Å². The number of nitro groups is 1. The Morgan fingerprint density at radius 3 is 2.62 bits per heavy atom. The minimum atomic E-state index is -0.832. The van der Waals surface area contributed by atoms with E-state index in [2.05, 4.69) is 0 Å². The Kier molecular flexibility index (Phi) is 6.73. The maximum atomic E-state index is 12.5. The van der Waals surface area contributed by atoms with Gasteiger partial charge in [0.15, 0.2) is 11.5 Å². The molecule has 2 aromatic carbocycles. The summed E-state index contributed by atoms with van der Waals surface area (Å²) in [4.78, 5) is 25.8. The molecule has 1 aliphatic rings. The van der Waals surface area contributed by atoms with E-state index in [1.54, 1.807) is 25.1 Å². The van der Waals surface area contributed by atoms with Gasteiger partial charge in [-0.15, -0.1) is 0 Å². The fraction of sp³-hybridized carbons (Fsp3) is 0.300. The molecule has 0 aliphatic carbocycles. The van der Waals surface area contributed by atoms with Crippen molar-refractivity contribution in [1.29, 1.82) is 0 Å². The van der Waals surface area contributed by atoms with Crippen LogP contribution in [-0.2, 0) is 4.74 Å². The summed E-state index contributed by atoms with van der Waals surface area (Å²) < 4.78 is 16.4. The molecule has 0 amide bonds. The van der Waals surface area contributed by atoms with Crippen molar-refractivity contribution in [3.8, 4) is 11.5 Å². The van der Waals surface area contributed by atoms with Crippen molar-refractivity contribution in [1.82, 2.24) is 4.90 Å².